The second-order valence-corrected chi connectivity index (χ2v) is 8.72. The Kier molecular flexibility index (Phi) is 4.64. The molecule has 3 heterocycles. The highest BCUT2D eigenvalue weighted by molar-refractivity contribution is 7.88. The monoisotopic (exact) mass is 374 g/mol. The Labute approximate surface area is 153 Å². The lowest BCUT2D eigenvalue weighted by molar-refractivity contribution is 0.122. The number of sulfonamides is 1. The van der Waals surface area contributed by atoms with Crippen molar-refractivity contribution >= 4 is 16.0 Å². The van der Waals surface area contributed by atoms with E-state index < -0.39 is 10.0 Å². The van der Waals surface area contributed by atoms with Crippen LogP contribution in [0.15, 0.2) is 30.5 Å². The lowest BCUT2D eigenvalue weighted by Gasteiger charge is -2.26. The van der Waals surface area contributed by atoms with Crippen molar-refractivity contribution in [3.05, 3.63) is 52.8 Å². The lowest BCUT2D eigenvalue weighted by atomic mass is 10.2. The number of rotatable bonds is 4. The minimum Gasteiger partial charge on any atom is -0.378 e. The molecule has 138 valence electrons. The van der Waals surface area contributed by atoms with Gasteiger partial charge in [0.2, 0.25) is 16.0 Å². The smallest absolute Gasteiger partial charge is 0.225 e. The molecular weight excluding hydrogens is 352 g/mol. The molecule has 2 aliphatic heterocycles. The van der Waals surface area contributed by atoms with E-state index in [0.717, 1.165) is 35.5 Å². The molecule has 1 aromatic heterocycles. The fourth-order valence-electron chi connectivity index (χ4n) is 3.33. The van der Waals surface area contributed by atoms with Crippen molar-refractivity contribution < 1.29 is 13.2 Å². The van der Waals surface area contributed by atoms with E-state index in [9.17, 15) is 8.42 Å². The molecular formula is C18H22N4O3S. The molecule has 0 radical (unpaired) electrons. The molecule has 4 rings (SSSR count). The molecule has 1 fully saturated rings. The molecule has 2 aromatic rings. The number of aromatic nitrogens is 2. The summed E-state index contributed by atoms with van der Waals surface area (Å²) in [5, 5.41) is 0. The number of fused-ring (bicyclic) bond motifs is 1. The molecule has 0 bridgehead atoms. The zero-order valence-corrected chi connectivity index (χ0v) is 15.6. The van der Waals surface area contributed by atoms with Gasteiger partial charge in [0.05, 0.1) is 31.2 Å². The van der Waals surface area contributed by atoms with E-state index in [4.69, 9.17) is 4.74 Å². The van der Waals surface area contributed by atoms with Gasteiger partial charge in [-0.05, 0) is 12.5 Å². The molecule has 7 nitrogen and oxygen atoms in total. The Balaban J connectivity index is 1.50. The predicted molar refractivity (Wildman–Crippen MR) is 98.1 cm³/mol. The minimum atomic E-state index is -3.40. The molecule has 0 unspecified atom stereocenters. The second-order valence-electron chi connectivity index (χ2n) is 6.75. The van der Waals surface area contributed by atoms with Crippen LogP contribution in [0, 0.1) is 6.92 Å². The van der Waals surface area contributed by atoms with Crippen LogP contribution in [0.25, 0.3) is 0 Å². The van der Waals surface area contributed by atoms with Gasteiger partial charge in [0.15, 0.2) is 0 Å². The third-order valence-corrected chi connectivity index (χ3v) is 6.48. The van der Waals surface area contributed by atoms with Gasteiger partial charge in [-0.3, -0.25) is 0 Å². The summed E-state index contributed by atoms with van der Waals surface area (Å²) in [4.78, 5) is 11.1. The van der Waals surface area contributed by atoms with Crippen molar-refractivity contribution in [3.8, 4) is 0 Å². The van der Waals surface area contributed by atoms with Crippen LogP contribution < -0.4 is 4.90 Å². The average Bonchev–Trinajstić information content (AvgIpc) is 3.06. The van der Waals surface area contributed by atoms with E-state index >= 15 is 0 Å². The van der Waals surface area contributed by atoms with Crippen molar-refractivity contribution in [2.75, 3.05) is 31.2 Å². The summed E-state index contributed by atoms with van der Waals surface area (Å²) in [7, 11) is -3.40. The molecule has 1 saturated heterocycles. The van der Waals surface area contributed by atoms with Gasteiger partial charge in [-0.15, -0.1) is 0 Å². The van der Waals surface area contributed by atoms with Crippen molar-refractivity contribution in [3.63, 3.8) is 0 Å². The van der Waals surface area contributed by atoms with Gasteiger partial charge in [-0.25, -0.2) is 18.4 Å². The number of morpholine rings is 1. The molecule has 0 saturated carbocycles. The number of aryl methyl sites for hydroxylation is 1. The summed E-state index contributed by atoms with van der Waals surface area (Å²) in [6, 6.07) is 7.62. The first-order valence-electron chi connectivity index (χ1n) is 8.72. The Bertz CT molecular complexity index is 910. The molecule has 0 spiro atoms. The van der Waals surface area contributed by atoms with Gasteiger partial charge in [-0.1, -0.05) is 29.8 Å². The molecule has 0 atom stereocenters. The average molecular weight is 374 g/mol. The lowest BCUT2D eigenvalue weighted by Crippen LogP contribution is -2.37. The van der Waals surface area contributed by atoms with Crippen molar-refractivity contribution in [1.29, 1.82) is 0 Å². The van der Waals surface area contributed by atoms with Gasteiger partial charge in [0, 0.05) is 31.4 Å². The van der Waals surface area contributed by atoms with Crippen LogP contribution in [0.3, 0.4) is 0 Å². The third-order valence-electron chi connectivity index (χ3n) is 4.73. The summed E-state index contributed by atoms with van der Waals surface area (Å²) in [5.74, 6) is 0.664. The summed E-state index contributed by atoms with van der Waals surface area (Å²) in [6.45, 7) is 5.46. The largest absolute Gasteiger partial charge is 0.378 e. The van der Waals surface area contributed by atoms with Crippen LogP contribution >= 0.6 is 0 Å². The zero-order valence-electron chi connectivity index (χ0n) is 14.8. The van der Waals surface area contributed by atoms with E-state index in [0.29, 0.717) is 32.3 Å². The molecule has 8 heteroatoms. The standard InChI is InChI=1S/C18H22N4O3S/c1-14-3-2-4-15(9-14)13-26(23,24)22-11-16-10-19-18(20-17(16)12-22)21-5-7-25-8-6-21/h2-4,9-10H,5-8,11-13H2,1H3. The van der Waals surface area contributed by atoms with E-state index in [2.05, 4.69) is 14.9 Å². The zero-order chi connectivity index (χ0) is 18.1. The van der Waals surface area contributed by atoms with Crippen LogP contribution in [0.1, 0.15) is 22.4 Å². The quantitative estimate of drug-likeness (QED) is 0.807. The highest BCUT2D eigenvalue weighted by Gasteiger charge is 2.31. The molecule has 2 aliphatic rings. The molecule has 1 aromatic carbocycles. The summed E-state index contributed by atoms with van der Waals surface area (Å²) in [5.41, 5.74) is 3.55. The van der Waals surface area contributed by atoms with Gasteiger partial charge in [0.1, 0.15) is 0 Å². The fraction of sp³-hybridized carbons (Fsp3) is 0.444. The minimum absolute atomic E-state index is 0.00637. The van der Waals surface area contributed by atoms with Gasteiger partial charge >= 0.3 is 0 Å². The molecule has 26 heavy (non-hydrogen) atoms. The van der Waals surface area contributed by atoms with Gasteiger partial charge in [-0.2, -0.15) is 4.31 Å². The van der Waals surface area contributed by atoms with Crippen molar-refractivity contribution in [2.45, 2.75) is 25.8 Å². The van der Waals surface area contributed by atoms with Crippen LogP contribution in [0.4, 0.5) is 5.95 Å². The van der Waals surface area contributed by atoms with Gasteiger partial charge < -0.3 is 9.64 Å². The summed E-state index contributed by atoms with van der Waals surface area (Å²) < 4.78 is 32.5. The third kappa shape index (κ3) is 3.58. The predicted octanol–water partition coefficient (Wildman–Crippen LogP) is 1.47. The Morgan fingerprint density at radius 2 is 2.00 bits per heavy atom. The van der Waals surface area contributed by atoms with Crippen LogP contribution in [-0.4, -0.2) is 49.0 Å². The van der Waals surface area contributed by atoms with Crippen LogP contribution in [-0.2, 0) is 33.6 Å². The Morgan fingerprint density at radius 3 is 2.77 bits per heavy atom. The van der Waals surface area contributed by atoms with Crippen molar-refractivity contribution in [2.24, 2.45) is 0 Å². The summed E-state index contributed by atoms with van der Waals surface area (Å²) >= 11 is 0. The molecule has 0 aliphatic carbocycles. The first-order valence-corrected chi connectivity index (χ1v) is 10.3. The van der Waals surface area contributed by atoms with E-state index in [1.165, 1.54) is 4.31 Å². The molecule has 0 amide bonds. The van der Waals surface area contributed by atoms with E-state index in [1.807, 2.05) is 31.2 Å². The maximum absolute atomic E-state index is 12.8. The van der Waals surface area contributed by atoms with Crippen molar-refractivity contribution in [1.82, 2.24) is 14.3 Å². The Hall–Kier alpha value is -2.03. The number of benzene rings is 1. The maximum Gasteiger partial charge on any atom is 0.225 e. The normalized spacial score (nSPS) is 18.1. The first kappa shape index (κ1) is 17.4. The van der Waals surface area contributed by atoms with Gasteiger partial charge in [0.25, 0.3) is 0 Å². The molecule has 0 N–H and O–H groups in total. The second kappa shape index (κ2) is 6.94. The number of hydrogen-bond donors (Lipinski definition) is 0. The van der Waals surface area contributed by atoms with E-state index in [-0.39, 0.29) is 5.75 Å². The highest BCUT2D eigenvalue weighted by Crippen LogP contribution is 2.26. The summed E-state index contributed by atoms with van der Waals surface area (Å²) in [6.07, 6.45) is 1.76. The number of hydrogen-bond acceptors (Lipinski definition) is 6. The van der Waals surface area contributed by atoms with Crippen LogP contribution in [0.5, 0.6) is 0 Å². The van der Waals surface area contributed by atoms with Crippen LogP contribution in [0.2, 0.25) is 0 Å². The Morgan fingerprint density at radius 1 is 1.19 bits per heavy atom. The highest BCUT2D eigenvalue weighted by atomic mass is 32.2. The number of nitrogens with zero attached hydrogens (tertiary/aromatic N) is 4. The number of ether oxygens (including phenoxy) is 1. The fourth-order valence-corrected chi connectivity index (χ4v) is 4.77. The first-order chi connectivity index (χ1) is 12.5. The number of anilines is 1. The SMILES string of the molecule is Cc1cccc(CS(=O)(=O)N2Cc3cnc(N4CCOCC4)nc3C2)c1. The topological polar surface area (TPSA) is 75.6 Å². The van der Waals surface area contributed by atoms with E-state index in [1.54, 1.807) is 6.20 Å². The maximum atomic E-state index is 12.8.